The molecule has 0 bridgehead atoms. The maximum absolute atomic E-state index is 5.86. The van der Waals surface area contributed by atoms with Crippen LogP contribution in [0.5, 0.6) is 0 Å². The minimum absolute atomic E-state index is 0.698. The van der Waals surface area contributed by atoms with Crippen LogP contribution in [0.1, 0.15) is 23.1 Å². The van der Waals surface area contributed by atoms with Crippen molar-refractivity contribution in [3.05, 3.63) is 34.9 Å². The van der Waals surface area contributed by atoms with Crippen LogP contribution in [0, 0.1) is 13.8 Å². The molecule has 0 amide bonds. The Bertz CT molecular complexity index is 317. The average molecular weight is 190 g/mol. The van der Waals surface area contributed by atoms with E-state index in [4.69, 9.17) is 11.5 Å². The SMILES string of the molecule is Cc1cc(C=CCCN)cc(C)c1N. The molecule has 1 aromatic rings. The summed E-state index contributed by atoms with van der Waals surface area (Å²) in [5.41, 5.74) is 15.6. The van der Waals surface area contributed by atoms with Crippen LogP contribution in [0.4, 0.5) is 5.69 Å². The summed E-state index contributed by atoms with van der Waals surface area (Å²) in [7, 11) is 0. The number of nitrogen functional groups attached to an aromatic ring is 1. The van der Waals surface area contributed by atoms with Crippen LogP contribution in [0.2, 0.25) is 0 Å². The van der Waals surface area contributed by atoms with E-state index in [0.717, 1.165) is 23.2 Å². The first-order chi connectivity index (χ1) is 6.65. The van der Waals surface area contributed by atoms with E-state index in [1.807, 2.05) is 13.8 Å². The van der Waals surface area contributed by atoms with Crippen LogP contribution in [0.25, 0.3) is 6.08 Å². The maximum Gasteiger partial charge on any atom is 0.0373 e. The van der Waals surface area contributed by atoms with Crippen LogP contribution in [0.3, 0.4) is 0 Å². The smallest absolute Gasteiger partial charge is 0.0373 e. The highest BCUT2D eigenvalue weighted by atomic mass is 14.6. The summed E-state index contributed by atoms with van der Waals surface area (Å²) in [5.74, 6) is 0. The van der Waals surface area contributed by atoms with Gasteiger partial charge in [0, 0.05) is 5.69 Å². The second kappa shape index (κ2) is 4.82. The van der Waals surface area contributed by atoms with Crippen molar-refractivity contribution in [1.82, 2.24) is 0 Å². The van der Waals surface area contributed by atoms with Gasteiger partial charge in [-0.05, 0) is 55.6 Å². The van der Waals surface area contributed by atoms with Crippen molar-refractivity contribution < 1.29 is 0 Å². The summed E-state index contributed by atoms with van der Waals surface area (Å²) in [6.45, 7) is 4.76. The van der Waals surface area contributed by atoms with Crippen LogP contribution < -0.4 is 11.5 Å². The van der Waals surface area contributed by atoms with Crippen LogP contribution in [-0.2, 0) is 0 Å². The minimum Gasteiger partial charge on any atom is -0.398 e. The summed E-state index contributed by atoms with van der Waals surface area (Å²) >= 11 is 0. The second-order valence-electron chi connectivity index (χ2n) is 3.55. The van der Waals surface area contributed by atoms with Crippen molar-refractivity contribution in [2.75, 3.05) is 12.3 Å². The summed E-state index contributed by atoms with van der Waals surface area (Å²) in [4.78, 5) is 0. The molecule has 1 rings (SSSR count). The number of benzene rings is 1. The number of rotatable bonds is 3. The van der Waals surface area contributed by atoms with Crippen molar-refractivity contribution >= 4 is 11.8 Å². The zero-order chi connectivity index (χ0) is 10.6. The lowest BCUT2D eigenvalue weighted by Gasteiger charge is -2.05. The first kappa shape index (κ1) is 10.8. The van der Waals surface area contributed by atoms with Gasteiger partial charge >= 0.3 is 0 Å². The van der Waals surface area contributed by atoms with Gasteiger partial charge in [0.05, 0.1) is 0 Å². The number of nitrogens with two attached hydrogens (primary N) is 2. The zero-order valence-electron chi connectivity index (χ0n) is 8.88. The third-order valence-corrected chi connectivity index (χ3v) is 2.26. The molecular weight excluding hydrogens is 172 g/mol. The molecule has 2 nitrogen and oxygen atoms in total. The first-order valence-corrected chi connectivity index (χ1v) is 4.88. The molecule has 4 N–H and O–H groups in total. The lowest BCUT2D eigenvalue weighted by atomic mass is 10.0. The molecule has 0 atom stereocenters. The Labute approximate surface area is 85.6 Å². The lowest BCUT2D eigenvalue weighted by molar-refractivity contribution is 1.01. The van der Waals surface area contributed by atoms with Crippen molar-refractivity contribution in [2.45, 2.75) is 20.3 Å². The minimum atomic E-state index is 0.698. The van der Waals surface area contributed by atoms with Crippen LogP contribution in [0.15, 0.2) is 18.2 Å². The van der Waals surface area contributed by atoms with Gasteiger partial charge < -0.3 is 11.5 Å². The molecule has 14 heavy (non-hydrogen) atoms. The predicted molar refractivity (Wildman–Crippen MR) is 63.0 cm³/mol. The number of hydrogen-bond acceptors (Lipinski definition) is 2. The average Bonchev–Trinajstić information content (AvgIpc) is 2.14. The molecule has 0 saturated carbocycles. The highest BCUT2D eigenvalue weighted by molar-refractivity contribution is 5.61. The summed E-state index contributed by atoms with van der Waals surface area (Å²) in [6.07, 6.45) is 5.10. The van der Waals surface area contributed by atoms with Gasteiger partial charge in [0.2, 0.25) is 0 Å². The van der Waals surface area contributed by atoms with Gasteiger partial charge in [0.15, 0.2) is 0 Å². The topological polar surface area (TPSA) is 52.0 Å². The molecule has 0 aliphatic heterocycles. The summed E-state index contributed by atoms with van der Waals surface area (Å²) in [5, 5.41) is 0. The molecule has 0 aliphatic carbocycles. The van der Waals surface area contributed by atoms with Gasteiger partial charge in [-0.1, -0.05) is 12.2 Å². The van der Waals surface area contributed by atoms with E-state index in [0.29, 0.717) is 6.54 Å². The van der Waals surface area contributed by atoms with E-state index < -0.39 is 0 Å². The van der Waals surface area contributed by atoms with Crippen molar-refractivity contribution in [3.63, 3.8) is 0 Å². The maximum atomic E-state index is 5.86. The third kappa shape index (κ3) is 2.60. The Morgan fingerprint density at radius 1 is 1.21 bits per heavy atom. The van der Waals surface area contributed by atoms with Crippen molar-refractivity contribution in [3.8, 4) is 0 Å². The largest absolute Gasteiger partial charge is 0.398 e. The molecule has 0 fully saturated rings. The number of anilines is 1. The summed E-state index contributed by atoms with van der Waals surface area (Å²) < 4.78 is 0. The van der Waals surface area contributed by atoms with Gasteiger partial charge in [-0.2, -0.15) is 0 Å². The van der Waals surface area contributed by atoms with E-state index >= 15 is 0 Å². The molecule has 0 heterocycles. The summed E-state index contributed by atoms with van der Waals surface area (Å²) in [6, 6.07) is 4.19. The van der Waals surface area contributed by atoms with E-state index in [-0.39, 0.29) is 0 Å². The van der Waals surface area contributed by atoms with E-state index in [1.165, 1.54) is 5.56 Å². The molecule has 2 heteroatoms. The fourth-order valence-corrected chi connectivity index (χ4v) is 1.42. The quantitative estimate of drug-likeness (QED) is 0.718. The van der Waals surface area contributed by atoms with Gasteiger partial charge in [-0.15, -0.1) is 0 Å². The normalized spacial score (nSPS) is 11.1. The van der Waals surface area contributed by atoms with E-state index in [9.17, 15) is 0 Å². The highest BCUT2D eigenvalue weighted by Crippen LogP contribution is 2.19. The Hall–Kier alpha value is -1.28. The van der Waals surface area contributed by atoms with Gasteiger partial charge in [0.1, 0.15) is 0 Å². The zero-order valence-corrected chi connectivity index (χ0v) is 8.88. The highest BCUT2D eigenvalue weighted by Gasteiger charge is 1.98. The molecule has 0 spiro atoms. The Balaban J connectivity index is 2.89. The standard InChI is InChI=1S/C12H18N2/c1-9-7-11(5-3-4-6-13)8-10(2)12(9)14/h3,5,7-8H,4,6,13-14H2,1-2H3. The number of hydrogen-bond donors (Lipinski definition) is 2. The molecule has 0 aromatic heterocycles. The fraction of sp³-hybridized carbons (Fsp3) is 0.333. The molecule has 0 aliphatic rings. The lowest BCUT2D eigenvalue weighted by Crippen LogP contribution is -1.95. The van der Waals surface area contributed by atoms with Crippen molar-refractivity contribution in [2.24, 2.45) is 5.73 Å². The van der Waals surface area contributed by atoms with E-state index in [1.54, 1.807) is 0 Å². The Morgan fingerprint density at radius 3 is 2.29 bits per heavy atom. The van der Waals surface area contributed by atoms with Crippen molar-refractivity contribution in [1.29, 1.82) is 0 Å². The second-order valence-corrected chi connectivity index (χ2v) is 3.55. The van der Waals surface area contributed by atoms with Crippen LogP contribution >= 0.6 is 0 Å². The molecule has 0 saturated heterocycles. The first-order valence-electron chi connectivity index (χ1n) is 4.88. The molecule has 0 radical (unpaired) electrons. The fourth-order valence-electron chi connectivity index (χ4n) is 1.42. The van der Waals surface area contributed by atoms with E-state index in [2.05, 4.69) is 24.3 Å². The van der Waals surface area contributed by atoms with Crippen LogP contribution in [-0.4, -0.2) is 6.54 Å². The number of aryl methyl sites for hydroxylation is 2. The third-order valence-electron chi connectivity index (χ3n) is 2.26. The predicted octanol–water partition coefficient (Wildman–Crippen LogP) is 2.25. The Morgan fingerprint density at radius 2 is 1.79 bits per heavy atom. The van der Waals surface area contributed by atoms with Gasteiger partial charge in [0.25, 0.3) is 0 Å². The molecule has 1 aromatic carbocycles. The molecule has 0 unspecified atom stereocenters. The van der Waals surface area contributed by atoms with Gasteiger partial charge in [-0.3, -0.25) is 0 Å². The Kier molecular flexibility index (Phi) is 3.72. The van der Waals surface area contributed by atoms with Gasteiger partial charge in [-0.25, -0.2) is 0 Å². The molecular formula is C12H18N2. The monoisotopic (exact) mass is 190 g/mol. The molecule has 76 valence electrons.